The Labute approximate surface area is 333 Å². The smallest absolute Gasteiger partial charge is 0.136 e. The summed E-state index contributed by atoms with van der Waals surface area (Å²) in [4.78, 5) is 2.33. The van der Waals surface area contributed by atoms with Gasteiger partial charge >= 0.3 is 0 Å². The molecule has 3 heterocycles. The zero-order valence-electron chi connectivity index (χ0n) is 31.2. The number of rotatable bonds is 6. The molecule has 12 rings (SSSR count). The molecule has 0 aliphatic rings. The molecular formula is C54H33NO3. The van der Waals surface area contributed by atoms with Crippen molar-refractivity contribution >= 4 is 82.9 Å². The van der Waals surface area contributed by atoms with Crippen LogP contribution in [0.25, 0.3) is 99.2 Å². The molecule has 0 N–H and O–H groups in total. The van der Waals surface area contributed by atoms with Crippen LogP contribution >= 0.6 is 0 Å². The van der Waals surface area contributed by atoms with Crippen LogP contribution in [0.1, 0.15) is 0 Å². The first-order valence-electron chi connectivity index (χ1n) is 19.6. The van der Waals surface area contributed by atoms with Gasteiger partial charge in [-0.15, -0.1) is 0 Å². The van der Waals surface area contributed by atoms with Crippen molar-refractivity contribution in [2.75, 3.05) is 4.90 Å². The predicted octanol–water partition coefficient (Wildman–Crippen LogP) is 15.9. The van der Waals surface area contributed by atoms with E-state index in [1.54, 1.807) is 0 Å². The minimum absolute atomic E-state index is 0.892. The van der Waals surface area contributed by atoms with E-state index in [4.69, 9.17) is 13.3 Å². The van der Waals surface area contributed by atoms with E-state index in [0.29, 0.717) is 0 Å². The van der Waals surface area contributed by atoms with Gasteiger partial charge in [-0.2, -0.15) is 0 Å². The predicted molar refractivity (Wildman–Crippen MR) is 239 cm³/mol. The topological polar surface area (TPSA) is 42.7 Å². The maximum Gasteiger partial charge on any atom is 0.136 e. The molecule has 0 bridgehead atoms. The zero-order valence-corrected chi connectivity index (χ0v) is 31.2. The van der Waals surface area contributed by atoms with Gasteiger partial charge in [-0.05, 0) is 112 Å². The molecular weight excluding hydrogens is 711 g/mol. The first-order chi connectivity index (χ1) is 28.7. The maximum absolute atomic E-state index is 6.23. The van der Waals surface area contributed by atoms with Crippen molar-refractivity contribution < 1.29 is 13.3 Å². The van der Waals surface area contributed by atoms with E-state index in [-0.39, 0.29) is 0 Å². The Morgan fingerprint density at radius 3 is 1.16 bits per heavy atom. The first-order valence-corrected chi connectivity index (χ1v) is 19.6. The Bertz CT molecular complexity index is 3340. The van der Waals surface area contributed by atoms with Crippen molar-refractivity contribution in [3.8, 4) is 33.4 Å². The molecule has 9 aromatic carbocycles. The number of furan rings is 3. The Morgan fingerprint density at radius 2 is 0.638 bits per heavy atom. The third kappa shape index (κ3) is 5.16. The number of para-hydroxylation sites is 3. The van der Waals surface area contributed by atoms with Crippen LogP contribution in [0.4, 0.5) is 17.1 Å². The third-order valence-corrected chi connectivity index (χ3v) is 11.5. The number of hydrogen-bond acceptors (Lipinski definition) is 4. The molecule has 0 aliphatic carbocycles. The van der Waals surface area contributed by atoms with E-state index in [2.05, 4.69) is 157 Å². The van der Waals surface area contributed by atoms with E-state index in [0.717, 1.165) is 116 Å². The Hall–Kier alpha value is -7.82. The highest BCUT2D eigenvalue weighted by atomic mass is 16.3. The first kappa shape index (κ1) is 32.4. The van der Waals surface area contributed by atoms with Crippen molar-refractivity contribution in [1.82, 2.24) is 0 Å². The molecule has 58 heavy (non-hydrogen) atoms. The van der Waals surface area contributed by atoms with Gasteiger partial charge in [0, 0.05) is 49.4 Å². The van der Waals surface area contributed by atoms with Crippen LogP contribution in [0.5, 0.6) is 0 Å². The second-order valence-electron chi connectivity index (χ2n) is 14.8. The van der Waals surface area contributed by atoms with Gasteiger partial charge in [0.15, 0.2) is 0 Å². The molecule has 0 saturated heterocycles. The molecule has 0 fully saturated rings. The molecule has 0 aliphatic heterocycles. The molecule has 272 valence electrons. The summed E-state index contributed by atoms with van der Waals surface area (Å²) in [5.74, 6) is 0. The number of benzene rings is 9. The van der Waals surface area contributed by atoms with Crippen molar-refractivity contribution in [2.45, 2.75) is 0 Å². The summed E-state index contributed by atoms with van der Waals surface area (Å²) in [6.45, 7) is 0. The summed E-state index contributed by atoms with van der Waals surface area (Å²) >= 11 is 0. The normalized spacial score (nSPS) is 11.8. The van der Waals surface area contributed by atoms with E-state index in [1.165, 1.54) is 0 Å². The van der Waals surface area contributed by atoms with Crippen molar-refractivity contribution in [3.05, 3.63) is 200 Å². The number of hydrogen-bond donors (Lipinski definition) is 0. The summed E-state index contributed by atoms with van der Waals surface area (Å²) in [6, 6.07) is 70.4. The van der Waals surface area contributed by atoms with E-state index < -0.39 is 0 Å². The lowest BCUT2D eigenvalue weighted by atomic mass is 9.98. The van der Waals surface area contributed by atoms with E-state index in [9.17, 15) is 0 Å². The van der Waals surface area contributed by atoms with Crippen LogP contribution in [0.3, 0.4) is 0 Å². The second kappa shape index (κ2) is 12.9. The van der Waals surface area contributed by atoms with E-state index in [1.807, 2.05) is 48.5 Å². The lowest BCUT2D eigenvalue weighted by molar-refractivity contribution is 0.668. The SMILES string of the molecule is c1ccc2c(c1)oc1ccc(-c3ccc(N(c4ccc(-c5cccc6oc7ccccc7c56)cc4)c4ccc(-c5cccc6oc7ccccc7c56)cc4)cc3)cc12. The van der Waals surface area contributed by atoms with Crippen molar-refractivity contribution in [2.24, 2.45) is 0 Å². The van der Waals surface area contributed by atoms with Crippen LogP contribution < -0.4 is 4.90 Å². The van der Waals surface area contributed by atoms with Gasteiger partial charge in [-0.3, -0.25) is 0 Å². The third-order valence-electron chi connectivity index (χ3n) is 11.5. The minimum Gasteiger partial charge on any atom is -0.456 e. The largest absolute Gasteiger partial charge is 0.456 e. The van der Waals surface area contributed by atoms with Crippen LogP contribution in [0, 0.1) is 0 Å². The highest BCUT2D eigenvalue weighted by Gasteiger charge is 2.18. The van der Waals surface area contributed by atoms with Gasteiger partial charge in [0.25, 0.3) is 0 Å². The molecule has 0 saturated carbocycles. The van der Waals surface area contributed by atoms with Crippen LogP contribution in [0.15, 0.2) is 213 Å². The zero-order chi connectivity index (χ0) is 38.2. The molecule has 4 nitrogen and oxygen atoms in total. The van der Waals surface area contributed by atoms with E-state index >= 15 is 0 Å². The Kier molecular flexibility index (Phi) is 7.20. The summed E-state index contributed by atoms with van der Waals surface area (Å²) in [5.41, 5.74) is 15.4. The fraction of sp³-hybridized carbons (Fsp3) is 0. The van der Waals surface area contributed by atoms with Gasteiger partial charge in [-0.1, -0.05) is 121 Å². The van der Waals surface area contributed by atoms with Gasteiger partial charge < -0.3 is 18.2 Å². The second-order valence-corrected chi connectivity index (χ2v) is 14.8. The van der Waals surface area contributed by atoms with Gasteiger partial charge in [0.2, 0.25) is 0 Å². The highest BCUT2D eigenvalue weighted by Crippen LogP contribution is 2.42. The average molecular weight is 744 g/mol. The molecule has 0 spiro atoms. The lowest BCUT2D eigenvalue weighted by Gasteiger charge is -2.26. The Morgan fingerprint density at radius 1 is 0.259 bits per heavy atom. The Balaban J connectivity index is 0.956. The van der Waals surface area contributed by atoms with Gasteiger partial charge in [0.05, 0.1) is 0 Å². The molecule has 0 amide bonds. The van der Waals surface area contributed by atoms with Gasteiger partial charge in [-0.25, -0.2) is 0 Å². The number of fused-ring (bicyclic) bond motifs is 9. The minimum atomic E-state index is 0.892. The van der Waals surface area contributed by atoms with Gasteiger partial charge in [0.1, 0.15) is 33.5 Å². The molecule has 0 radical (unpaired) electrons. The monoisotopic (exact) mass is 743 g/mol. The summed E-state index contributed by atoms with van der Waals surface area (Å²) in [7, 11) is 0. The fourth-order valence-corrected chi connectivity index (χ4v) is 8.77. The lowest BCUT2D eigenvalue weighted by Crippen LogP contribution is -2.09. The standard InChI is InChI=1S/C54H33NO3/c1-4-14-47-43(9-1)46-33-37(25-32-50(46)56-47)34-19-26-38(27-20-34)55(39-28-21-35(22-29-39)41-12-7-17-51-53(41)44-10-2-5-15-48(44)57-51)40-30-23-36(24-31-40)42-13-8-18-52-54(42)45-11-3-6-16-49(45)58-52/h1-33H. The van der Waals surface area contributed by atoms with Crippen LogP contribution in [0.2, 0.25) is 0 Å². The van der Waals surface area contributed by atoms with Crippen LogP contribution in [-0.4, -0.2) is 0 Å². The molecule has 3 aromatic heterocycles. The fourth-order valence-electron chi connectivity index (χ4n) is 8.77. The van der Waals surface area contributed by atoms with Crippen molar-refractivity contribution in [1.29, 1.82) is 0 Å². The van der Waals surface area contributed by atoms with Crippen molar-refractivity contribution in [3.63, 3.8) is 0 Å². The summed E-state index contributed by atoms with van der Waals surface area (Å²) < 4.78 is 18.6. The van der Waals surface area contributed by atoms with Crippen LogP contribution in [-0.2, 0) is 0 Å². The molecule has 4 heteroatoms. The average Bonchev–Trinajstić information content (AvgIpc) is 3.98. The quantitative estimate of drug-likeness (QED) is 0.170. The molecule has 12 aromatic rings. The number of anilines is 3. The molecule has 0 unspecified atom stereocenters. The maximum atomic E-state index is 6.23. The summed E-state index contributed by atoms with van der Waals surface area (Å²) in [5, 5.41) is 6.77. The molecule has 0 atom stereocenters. The highest BCUT2D eigenvalue weighted by molar-refractivity contribution is 6.13. The summed E-state index contributed by atoms with van der Waals surface area (Å²) in [6.07, 6.45) is 0. The number of nitrogens with zero attached hydrogens (tertiary/aromatic N) is 1.